The van der Waals surface area contributed by atoms with Crippen molar-refractivity contribution >= 4 is 11.6 Å². The van der Waals surface area contributed by atoms with Crippen molar-refractivity contribution in [2.24, 2.45) is 0 Å². The summed E-state index contributed by atoms with van der Waals surface area (Å²) >= 11 is 5.20. The monoisotopic (exact) mass is 104 g/mol. The van der Waals surface area contributed by atoms with E-state index in [0.29, 0.717) is 0 Å². The summed E-state index contributed by atoms with van der Waals surface area (Å²) in [6.07, 6.45) is 4.23. The van der Waals surface area contributed by atoms with Crippen LogP contribution in [0.25, 0.3) is 0 Å². The summed E-state index contributed by atoms with van der Waals surface area (Å²) in [7, 11) is 0. The first-order chi connectivity index (χ1) is 2.91. The van der Waals surface area contributed by atoms with E-state index in [1.807, 2.05) is 6.08 Å². The SMILES string of the molecule is CCCC=CCl. The van der Waals surface area contributed by atoms with Crippen molar-refractivity contribution < 1.29 is 0 Å². The molecule has 0 nitrogen and oxygen atoms in total. The highest BCUT2D eigenvalue weighted by Crippen LogP contribution is 1.88. The molecule has 0 N–H and O–H groups in total. The Hall–Kier alpha value is 0.0300. The second kappa shape index (κ2) is 5.03. The maximum atomic E-state index is 5.20. The number of rotatable bonds is 2. The van der Waals surface area contributed by atoms with Crippen molar-refractivity contribution in [3.8, 4) is 0 Å². The third-order valence-electron chi connectivity index (χ3n) is 0.544. The molecule has 0 fully saturated rings. The zero-order chi connectivity index (χ0) is 4.83. The fourth-order valence-electron chi connectivity index (χ4n) is 0.230. The summed E-state index contributed by atoms with van der Waals surface area (Å²) in [5.41, 5.74) is 1.56. The maximum Gasteiger partial charge on any atom is 0.000245 e. The van der Waals surface area contributed by atoms with Crippen LogP contribution in [-0.2, 0) is 0 Å². The van der Waals surface area contributed by atoms with E-state index in [0.717, 1.165) is 6.42 Å². The van der Waals surface area contributed by atoms with E-state index in [4.69, 9.17) is 11.6 Å². The largest absolute Gasteiger partial charge is 0.0933 e. The fourth-order valence-corrected chi connectivity index (χ4v) is 0.356. The molecule has 0 atom stereocenters. The lowest BCUT2D eigenvalue weighted by Gasteiger charge is -1.75. The van der Waals surface area contributed by atoms with Gasteiger partial charge in [0.2, 0.25) is 0 Å². The predicted octanol–water partition coefficient (Wildman–Crippen LogP) is 2.54. The van der Waals surface area contributed by atoms with Gasteiger partial charge in [-0.3, -0.25) is 0 Å². The van der Waals surface area contributed by atoms with Gasteiger partial charge in [-0.1, -0.05) is 31.0 Å². The molecule has 0 aliphatic carbocycles. The molecule has 0 radical (unpaired) electrons. The van der Waals surface area contributed by atoms with Crippen LogP contribution in [-0.4, -0.2) is 0 Å². The summed E-state index contributed by atoms with van der Waals surface area (Å²) < 4.78 is 0. The molecule has 0 aromatic carbocycles. The van der Waals surface area contributed by atoms with Crippen LogP contribution in [0.15, 0.2) is 11.6 Å². The van der Waals surface area contributed by atoms with Gasteiger partial charge >= 0.3 is 0 Å². The summed E-state index contributed by atoms with van der Waals surface area (Å²) in [6.45, 7) is 2.12. The fraction of sp³-hybridized carbons (Fsp3) is 0.600. The molecular formula is C5H9Cl. The van der Waals surface area contributed by atoms with E-state index >= 15 is 0 Å². The lowest BCUT2D eigenvalue weighted by atomic mass is 10.3. The minimum atomic E-state index is 1.10. The molecule has 0 unspecified atom stereocenters. The first kappa shape index (κ1) is 6.03. The predicted molar refractivity (Wildman–Crippen MR) is 29.9 cm³/mol. The zero-order valence-electron chi connectivity index (χ0n) is 3.95. The Labute approximate surface area is 43.8 Å². The van der Waals surface area contributed by atoms with E-state index in [2.05, 4.69) is 6.92 Å². The summed E-state index contributed by atoms with van der Waals surface area (Å²) in [6, 6.07) is 0. The van der Waals surface area contributed by atoms with Crippen LogP contribution < -0.4 is 0 Å². The Kier molecular flexibility index (Phi) is 5.06. The minimum absolute atomic E-state index is 1.10. The molecule has 0 aromatic rings. The van der Waals surface area contributed by atoms with Crippen LogP contribution in [0.5, 0.6) is 0 Å². The topological polar surface area (TPSA) is 0 Å². The van der Waals surface area contributed by atoms with E-state index in [9.17, 15) is 0 Å². The molecule has 0 aromatic heterocycles. The van der Waals surface area contributed by atoms with Crippen molar-refractivity contribution in [2.45, 2.75) is 19.8 Å². The highest BCUT2D eigenvalue weighted by atomic mass is 35.5. The quantitative estimate of drug-likeness (QED) is 0.505. The van der Waals surface area contributed by atoms with Crippen molar-refractivity contribution in [3.05, 3.63) is 11.6 Å². The second-order valence-corrected chi connectivity index (χ2v) is 1.40. The molecule has 0 spiro atoms. The smallest absolute Gasteiger partial charge is 0.000245 e. The summed E-state index contributed by atoms with van der Waals surface area (Å²) in [5.74, 6) is 0. The standard InChI is InChI=1S/C5H9Cl/c1-2-3-4-5-6/h4-5H,2-3H2,1H3. The average molecular weight is 105 g/mol. The number of allylic oxidation sites excluding steroid dienone is 1. The Morgan fingerprint density at radius 3 is 2.50 bits per heavy atom. The lowest BCUT2D eigenvalue weighted by Crippen LogP contribution is -1.54. The van der Waals surface area contributed by atoms with Crippen molar-refractivity contribution in [3.63, 3.8) is 0 Å². The van der Waals surface area contributed by atoms with Gasteiger partial charge in [0.15, 0.2) is 0 Å². The highest BCUT2D eigenvalue weighted by Gasteiger charge is 1.65. The number of hydrogen-bond donors (Lipinski definition) is 0. The molecule has 6 heavy (non-hydrogen) atoms. The lowest BCUT2D eigenvalue weighted by molar-refractivity contribution is 0.960. The molecular weight excluding hydrogens is 95.5 g/mol. The number of unbranched alkanes of at least 4 members (excludes halogenated alkanes) is 1. The molecule has 0 saturated heterocycles. The Morgan fingerprint density at radius 1 is 1.67 bits per heavy atom. The van der Waals surface area contributed by atoms with Crippen LogP contribution in [0.1, 0.15) is 19.8 Å². The first-order valence-corrected chi connectivity index (χ1v) is 2.60. The van der Waals surface area contributed by atoms with Gasteiger partial charge < -0.3 is 0 Å². The number of hydrogen-bond acceptors (Lipinski definition) is 0. The van der Waals surface area contributed by atoms with Gasteiger partial charge in [-0.25, -0.2) is 0 Å². The molecule has 0 amide bonds. The molecule has 0 bridgehead atoms. The van der Waals surface area contributed by atoms with Crippen molar-refractivity contribution in [1.82, 2.24) is 0 Å². The van der Waals surface area contributed by atoms with Gasteiger partial charge in [0.25, 0.3) is 0 Å². The van der Waals surface area contributed by atoms with Gasteiger partial charge in [0.05, 0.1) is 0 Å². The molecule has 0 aliphatic heterocycles. The Balaban J connectivity index is 2.66. The average Bonchev–Trinajstić information content (AvgIpc) is 1.61. The highest BCUT2D eigenvalue weighted by molar-refractivity contribution is 6.25. The van der Waals surface area contributed by atoms with Crippen molar-refractivity contribution in [2.75, 3.05) is 0 Å². The summed E-state index contributed by atoms with van der Waals surface area (Å²) in [4.78, 5) is 0. The summed E-state index contributed by atoms with van der Waals surface area (Å²) in [5, 5.41) is 0. The van der Waals surface area contributed by atoms with E-state index in [1.54, 1.807) is 5.54 Å². The third kappa shape index (κ3) is 4.03. The van der Waals surface area contributed by atoms with E-state index < -0.39 is 0 Å². The van der Waals surface area contributed by atoms with Gasteiger partial charge in [-0.15, -0.1) is 0 Å². The van der Waals surface area contributed by atoms with Gasteiger partial charge in [-0.05, 0) is 6.42 Å². The maximum absolute atomic E-state index is 5.20. The second-order valence-electron chi connectivity index (χ2n) is 1.15. The molecule has 0 aliphatic rings. The van der Waals surface area contributed by atoms with Crippen LogP contribution in [0.2, 0.25) is 0 Å². The van der Waals surface area contributed by atoms with Crippen LogP contribution in [0.3, 0.4) is 0 Å². The van der Waals surface area contributed by atoms with Crippen LogP contribution in [0.4, 0.5) is 0 Å². The van der Waals surface area contributed by atoms with Crippen LogP contribution in [0, 0.1) is 0 Å². The third-order valence-corrected chi connectivity index (χ3v) is 0.723. The zero-order valence-corrected chi connectivity index (χ0v) is 4.70. The Bertz CT molecular complexity index is 39.2. The van der Waals surface area contributed by atoms with Crippen molar-refractivity contribution in [1.29, 1.82) is 0 Å². The normalized spacial score (nSPS) is 10.3. The van der Waals surface area contributed by atoms with Crippen LogP contribution >= 0.6 is 11.6 Å². The minimum Gasteiger partial charge on any atom is -0.0933 e. The van der Waals surface area contributed by atoms with Gasteiger partial charge in [0, 0.05) is 5.54 Å². The molecule has 0 rings (SSSR count). The van der Waals surface area contributed by atoms with E-state index in [-0.39, 0.29) is 0 Å². The first-order valence-electron chi connectivity index (χ1n) is 2.17. The molecule has 0 saturated carbocycles. The van der Waals surface area contributed by atoms with E-state index in [1.165, 1.54) is 6.42 Å². The molecule has 0 heterocycles. The van der Waals surface area contributed by atoms with Gasteiger partial charge in [-0.2, -0.15) is 0 Å². The van der Waals surface area contributed by atoms with Gasteiger partial charge in [0.1, 0.15) is 0 Å². The Morgan fingerprint density at radius 2 is 2.33 bits per heavy atom. The molecule has 36 valence electrons. The molecule has 1 heteroatoms. The number of halogens is 1.